The van der Waals surface area contributed by atoms with Crippen LogP contribution in [-0.2, 0) is 13.0 Å². The van der Waals surface area contributed by atoms with Gasteiger partial charge in [0, 0.05) is 38.9 Å². The highest BCUT2D eigenvalue weighted by Gasteiger charge is 2.10. The van der Waals surface area contributed by atoms with Crippen molar-refractivity contribution in [2.24, 2.45) is 0 Å². The van der Waals surface area contributed by atoms with Crippen molar-refractivity contribution in [1.82, 2.24) is 10.3 Å². The van der Waals surface area contributed by atoms with E-state index in [2.05, 4.69) is 48.4 Å². The smallest absolute Gasteiger partial charge is 0.0705 e. The molecular weight excluding hydrogens is 300 g/mol. The summed E-state index contributed by atoms with van der Waals surface area (Å²) in [6.07, 6.45) is 1.05. The number of para-hydroxylation sites is 1. The summed E-state index contributed by atoms with van der Waals surface area (Å²) in [4.78, 5) is 6.19. The molecule has 4 heteroatoms. The molecule has 1 aromatic carbocycles. The number of aromatic nitrogens is 1. The summed E-state index contributed by atoms with van der Waals surface area (Å²) in [7, 11) is 0. The molecule has 0 spiro atoms. The van der Waals surface area contributed by atoms with Crippen LogP contribution in [0.5, 0.6) is 0 Å². The van der Waals surface area contributed by atoms with E-state index in [1.54, 1.807) is 0 Å². The Morgan fingerprint density at radius 2 is 2.05 bits per heavy atom. The van der Waals surface area contributed by atoms with Gasteiger partial charge in [-0.25, -0.2) is 0 Å². The number of hydrogen-bond donors (Lipinski definition) is 2. The summed E-state index contributed by atoms with van der Waals surface area (Å²) >= 11 is 8.31. The minimum absolute atomic E-state index is 0.422. The molecule has 1 unspecified atom stereocenters. The SMILES string of the molecule is Cc1ccc(CC(C)NCc2[nH]c3ccccc3c2Cl)s1. The molecule has 2 aromatic heterocycles. The maximum absolute atomic E-state index is 6.43. The van der Waals surface area contributed by atoms with Crippen LogP contribution in [0.4, 0.5) is 0 Å². The second-order valence-corrected chi connectivity index (χ2v) is 7.21. The van der Waals surface area contributed by atoms with Crippen molar-refractivity contribution in [2.75, 3.05) is 0 Å². The molecule has 21 heavy (non-hydrogen) atoms. The summed E-state index contributed by atoms with van der Waals surface area (Å²) in [5, 5.41) is 5.48. The van der Waals surface area contributed by atoms with Gasteiger partial charge in [-0.05, 0) is 38.5 Å². The second kappa shape index (κ2) is 6.22. The lowest BCUT2D eigenvalue weighted by Gasteiger charge is -2.12. The van der Waals surface area contributed by atoms with Gasteiger partial charge in [0.2, 0.25) is 0 Å². The Hall–Kier alpha value is -1.29. The van der Waals surface area contributed by atoms with Crippen LogP contribution in [0, 0.1) is 6.92 Å². The van der Waals surface area contributed by atoms with E-state index >= 15 is 0 Å². The van der Waals surface area contributed by atoms with Gasteiger partial charge in [-0.3, -0.25) is 0 Å². The fourth-order valence-corrected chi connectivity index (χ4v) is 3.83. The van der Waals surface area contributed by atoms with E-state index in [-0.39, 0.29) is 0 Å². The number of thiophene rings is 1. The van der Waals surface area contributed by atoms with Crippen LogP contribution < -0.4 is 5.32 Å². The summed E-state index contributed by atoms with van der Waals surface area (Å²) in [6.45, 7) is 5.13. The van der Waals surface area contributed by atoms with Crippen molar-refractivity contribution < 1.29 is 0 Å². The molecular formula is C17H19ClN2S. The Labute approximate surface area is 134 Å². The molecule has 0 fully saturated rings. The molecule has 2 heterocycles. The average molecular weight is 319 g/mol. The number of fused-ring (bicyclic) bond motifs is 1. The monoisotopic (exact) mass is 318 g/mol. The molecule has 1 atom stereocenters. The second-order valence-electron chi connectivity index (χ2n) is 5.46. The normalized spacial score (nSPS) is 12.9. The Kier molecular flexibility index (Phi) is 4.34. The lowest BCUT2D eigenvalue weighted by atomic mass is 10.2. The van der Waals surface area contributed by atoms with Crippen molar-refractivity contribution in [1.29, 1.82) is 0 Å². The minimum Gasteiger partial charge on any atom is -0.356 e. The van der Waals surface area contributed by atoms with Gasteiger partial charge in [0.25, 0.3) is 0 Å². The van der Waals surface area contributed by atoms with Gasteiger partial charge in [-0.1, -0.05) is 29.8 Å². The molecule has 0 bridgehead atoms. The Bertz CT molecular complexity index is 744. The van der Waals surface area contributed by atoms with E-state index in [9.17, 15) is 0 Å². The summed E-state index contributed by atoms with van der Waals surface area (Å²) in [5.41, 5.74) is 2.16. The molecule has 3 aromatic rings. The van der Waals surface area contributed by atoms with Gasteiger partial charge in [0.15, 0.2) is 0 Å². The highest BCUT2D eigenvalue weighted by molar-refractivity contribution is 7.11. The van der Waals surface area contributed by atoms with Crippen molar-refractivity contribution in [3.63, 3.8) is 0 Å². The number of rotatable bonds is 5. The number of nitrogens with one attached hydrogen (secondary N) is 2. The largest absolute Gasteiger partial charge is 0.356 e. The van der Waals surface area contributed by atoms with Gasteiger partial charge >= 0.3 is 0 Å². The topological polar surface area (TPSA) is 27.8 Å². The number of aryl methyl sites for hydroxylation is 1. The van der Waals surface area contributed by atoms with Crippen molar-refractivity contribution in [3.05, 3.63) is 56.9 Å². The Morgan fingerprint density at radius 1 is 1.24 bits per heavy atom. The molecule has 0 saturated heterocycles. The lowest BCUT2D eigenvalue weighted by Crippen LogP contribution is -2.27. The Balaban J connectivity index is 1.64. The van der Waals surface area contributed by atoms with Crippen LogP contribution in [-0.4, -0.2) is 11.0 Å². The van der Waals surface area contributed by atoms with E-state index < -0.39 is 0 Å². The van der Waals surface area contributed by atoms with Gasteiger partial charge in [-0.2, -0.15) is 0 Å². The molecule has 0 saturated carbocycles. The van der Waals surface area contributed by atoms with E-state index in [0.717, 1.165) is 34.6 Å². The van der Waals surface area contributed by atoms with Crippen LogP contribution in [0.3, 0.4) is 0 Å². The van der Waals surface area contributed by atoms with Crippen LogP contribution in [0.15, 0.2) is 36.4 Å². The zero-order valence-electron chi connectivity index (χ0n) is 12.2. The Morgan fingerprint density at radius 3 is 2.76 bits per heavy atom. The van der Waals surface area contributed by atoms with Gasteiger partial charge in [0.1, 0.15) is 0 Å². The third-order valence-electron chi connectivity index (χ3n) is 3.64. The van der Waals surface area contributed by atoms with Crippen LogP contribution in [0.25, 0.3) is 10.9 Å². The molecule has 0 aliphatic heterocycles. The number of halogens is 1. The zero-order chi connectivity index (χ0) is 14.8. The lowest BCUT2D eigenvalue weighted by molar-refractivity contribution is 0.544. The van der Waals surface area contributed by atoms with Gasteiger partial charge < -0.3 is 10.3 Å². The van der Waals surface area contributed by atoms with Crippen molar-refractivity contribution >= 4 is 33.8 Å². The van der Waals surface area contributed by atoms with Crippen molar-refractivity contribution in [2.45, 2.75) is 32.9 Å². The molecule has 2 N–H and O–H groups in total. The molecule has 0 aliphatic carbocycles. The van der Waals surface area contributed by atoms with Gasteiger partial charge in [0.05, 0.1) is 5.02 Å². The number of hydrogen-bond acceptors (Lipinski definition) is 2. The number of H-pyrrole nitrogens is 1. The fraction of sp³-hybridized carbons (Fsp3) is 0.294. The number of benzene rings is 1. The molecule has 3 rings (SSSR count). The highest BCUT2D eigenvalue weighted by Crippen LogP contribution is 2.27. The van der Waals surface area contributed by atoms with Gasteiger partial charge in [-0.15, -0.1) is 11.3 Å². The van der Waals surface area contributed by atoms with E-state index in [1.807, 2.05) is 23.5 Å². The maximum atomic E-state index is 6.43. The third-order valence-corrected chi connectivity index (χ3v) is 5.10. The van der Waals surface area contributed by atoms with Crippen molar-refractivity contribution in [3.8, 4) is 0 Å². The van der Waals surface area contributed by atoms with Crippen LogP contribution in [0.2, 0.25) is 5.02 Å². The summed E-state index contributed by atoms with van der Waals surface area (Å²) in [5.74, 6) is 0. The first-order valence-corrected chi connectivity index (χ1v) is 8.36. The predicted molar refractivity (Wildman–Crippen MR) is 92.4 cm³/mol. The molecule has 2 nitrogen and oxygen atoms in total. The molecule has 0 aliphatic rings. The fourth-order valence-electron chi connectivity index (χ4n) is 2.53. The van der Waals surface area contributed by atoms with E-state index in [4.69, 9.17) is 11.6 Å². The predicted octanol–water partition coefficient (Wildman–Crippen LogP) is 4.91. The molecule has 110 valence electrons. The van der Waals surface area contributed by atoms with E-state index in [1.165, 1.54) is 9.75 Å². The summed E-state index contributed by atoms with van der Waals surface area (Å²) in [6, 6.07) is 13.0. The van der Waals surface area contributed by atoms with Crippen LogP contribution >= 0.6 is 22.9 Å². The highest BCUT2D eigenvalue weighted by atomic mass is 35.5. The summed E-state index contributed by atoms with van der Waals surface area (Å²) < 4.78 is 0. The first-order valence-electron chi connectivity index (χ1n) is 7.17. The average Bonchev–Trinajstić information content (AvgIpc) is 3.01. The van der Waals surface area contributed by atoms with E-state index in [0.29, 0.717) is 6.04 Å². The number of aromatic amines is 1. The maximum Gasteiger partial charge on any atom is 0.0705 e. The van der Waals surface area contributed by atoms with Crippen LogP contribution in [0.1, 0.15) is 22.4 Å². The zero-order valence-corrected chi connectivity index (χ0v) is 13.8. The first kappa shape index (κ1) is 14.6. The third kappa shape index (κ3) is 3.31. The standard InChI is InChI=1S/C17H19ClN2S/c1-11(9-13-8-7-12(2)21-13)19-10-16-17(18)14-5-3-4-6-15(14)20-16/h3-8,11,19-20H,9-10H2,1-2H3. The first-order chi connectivity index (χ1) is 10.1. The quantitative estimate of drug-likeness (QED) is 0.687. The molecule has 0 radical (unpaired) electrons. The molecule has 0 amide bonds. The minimum atomic E-state index is 0.422.